The second kappa shape index (κ2) is 3.76. The van der Waals surface area contributed by atoms with Crippen molar-refractivity contribution in [1.82, 2.24) is 4.90 Å². The fraction of sp³-hybridized carbons (Fsp3) is 0.857. The number of likely N-dealkylation sites (tertiary alicyclic amines) is 1. The summed E-state index contributed by atoms with van der Waals surface area (Å²) in [6, 6.07) is 0. The largest absolute Gasteiger partial charge is 0.292 e. The van der Waals surface area contributed by atoms with E-state index >= 15 is 0 Å². The van der Waals surface area contributed by atoms with Gasteiger partial charge in [0.2, 0.25) is 5.78 Å². The van der Waals surface area contributed by atoms with Crippen LogP contribution in [0.25, 0.3) is 0 Å². The smallest absolute Gasteiger partial charge is 0.202 e. The van der Waals surface area contributed by atoms with Crippen LogP contribution < -0.4 is 0 Å². The third-order valence-electron chi connectivity index (χ3n) is 3.55. The second-order valence-corrected chi connectivity index (χ2v) is 6.91. The molecule has 0 aliphatic carbocycles. The highest BCUT2D eigenvalue weighted by molar-refractivity contribution is 5.93. The fourth-order valence-corrected chi connectivity index (χ4v) is 3.00. The van der Waals surface area contributed by atoms with Crippen LogP contribution in [-0.4, -0.2) is 28.3 Å². The molecule has 2 nitrogen and oxygen atoms in total. The minimum absolute atomic E-state index is 0.0478. The summed E-state index contributed by atoms with van der Waals surface area (Å²) < 4.78 is 0. The summed E-state index contributed by atoms with van der Waals surface area (Å²) in [5.74, 6) is 0.271. The van der Waals surface area contributed by atoms with Crippen molar-refractivity contribution in [3.8, 4) is 0 Å². The van der Waals surface area contributed by atoms with E-state index in [1.165, 1.54) is 0 Å². The van der Waals surface area contributed by atoms with Gasteiger partial charge in [-0.2, -0.15) is 0 Å². The van der Waals surface area contributed by atoms with Gasteiger partial charge in [0.25, 0.3) is 0 Å². The van der Waals surface area contributed by atoms with Crippen molar-refractivity contribution in [2.75, 3.05) is 6.54 Å². The molecular weight excluding hydrogens is 198 g/mol. The van der Waals surface area contributed by atoms with Crippen LogP contribution in [0, 0.1) is 12.3 Å². The molecule has 1 atom stereocenters. The molecule has 1 aliphatic rings. The number of rotatable bonds is 2. The van der Waals surface area contributed by atoms with Gasteiger partial charge in [-0.15, -0.1) is 0 Å². The maximum atomic E-state index is 12.5. The van der Waals surface area contributed by atoms with E-state index in [4.69, 9.17) is 0 Å². The first-order valence-corrected chi connectivity index (χ1v) is 6.17. The minimum Gasteiger partial charge on any atom is -0.292 e. The summed E-state index contributed by atoms with van der Waals surface area (Å²) >= 11 is 0. The Morgan fingerprint density at radius 3 is 2.12 bits per heavy atom. The van der Waals surface area contributed by atoms with E-state index in [0.29, 0.717) is 0 Å². The van der Waals surface area contributed by atoms with Crippen molar-refractivity contribution in [2.24, 2.45) is 5.41 Å². The van der Waals surface area contributed by atoms with Gasteiger partial charge in [-0.1, -0.05) is 0 Å². The molecule has 1 heterocycles. The van der Waals surface area contributed by atoms with E-state index in [2.05, 4.69) is 39.5 Å². The average Bonchev–Trinajstić information content (AvgIpc) is 2.44. The van der Waals surface area contributed by atoms with Crippen LogP contribution >= 0.6 is 0 Å². The molecule has 1 unspecified atom stereocenters. The van der Waals surface area contributed by atoms with E-state index in [1.54, 1.807) is 0 Å². The molecule has 1 rings (SSSR count). The predicted molar refractivity (Wildman–Crippen MR) is 68.2 cm³/mol. The maximum absolute atomic E-state index is 12.5. The number of carbonyl (C=O) groups excluding carboxylic acids is 1. The number of Topliss-reactive ketones (excluding diaryl/α,β-unsaturated/α-hetero) is 1. The summed E-state index contributed by atoms with van der Waals surface area (Å²) in [4.78, 5) is 14.9. The van der Waals surface area contributed by atoms with Crippen LogP contribution in [-0.2, 0) is 4.79 Å². The molecule has 0 aromatic heterocycles. The number of hydrogen-bond donors (Lipinski definition) is 0. The summed E-state index contributed by atoms with van der Waals surface area (Å²) in [6.45, 7) is 17.5. The van der Waals surface area contributed by atoms with Crippen molar-refractivity contribution >= 4 is 5.78 Å². The quantitative estimate of drug-likeness (QED) is 0.672. The van der Waals surface area contributed by atoms with Crippen LogP contribution in [0.4, 0.5) is 0 Å². The summed E-state index contributed by atoms with van der Waals surface area (Å²) in [7, 11) is 0. The Balaban J connectivity index is 3.04. The summed E-state index contributed by atoms with van der Waals surface area (Å²) in [5, 5.41) is 0. The Hall–Kier alpha value is -0.500. The molecule has 1 fully saturated rings. The van der Waals surface area contributed by atoms with Crippen LogP contribution in [0.3, 0.4) is 0 Å². The van der Waals surface area contributed by atoms with Crippen LogP contribution in [0.5, 0.6) is 0 Å². The van der Waals surface area contributed by atoms with E-state index in [9.17, 15) is 4.79 Å². The molecule has 0 N–H and O–H groups in total. The Kier molecular flexibility index (Phi) is 3.19. The van der Waals surface area contributed by atoms with Gasteiger partial charge in [0, 0.05) is 5.54 Å². The monoisotopic (exact) mass is 224 g/mol. The van der Waals surface area contributed by atoms with Gasteiger partial charge < -0.3 is 0 Å². The zero-order chi connectivity index (χ0) is 12.8. The molecule has 0 spiro atoms. The molecule has 0 bridgehead atoms. The van der Waals surface area contributed by atoms with Gasteiger partial charge in [0.1, 0.15) is 0 Å². The van der Waals surface area contributed by atoms with E-state index < -0.39 is 5.41 Å². The molecule has 0 aromatic carbocycles. The minimum atomic E-state index is -0.497. The predicted octanol–water partition coefficient (Wildman–Crippen LogP) is 3.07. The number of nitrogens with zero attached hydrogens (tertiary/aromatic N) is 1. The van der Waals surface area contributed by atoms with E-state index in [-0.39, 0.29) is 16.9 Å². The normalized spacial score (nSPS) is 28.4. The van der Waals surface area contributed by atoms with Crippen molar-refractivity contribution in [2.45, 2.75) is 65.5 Å². The van der Waals surface area contributed by atoms with Gasteiger partial charge in [-0.05, 0) is 60.9 Å². The molecule has 0 radical (unpaired) electrons. The lowest BCUT2D eigenvalue weighted by Crippen LogP contribution is -2.58. The third kappa shape index (κ3) is 2.27. The molecular formula is C14H26NO+. The third-order valence-corrected chi connectivity index (χ3v) is 3.55. The lowest BCUT2D eigenvalue weighted by Gasteiger charge is -2.44. The van der Waals surface area contributed by atoms with Gasteiger partial charge in [-0.3, -0.25) is 9.69 Å². The maximum Gasteiger partial charge on any atom is 0.202 e. The highest BCUT2D eigenvalue weighted by Gasteiger charge is 2.52. The van der Waals surface area contributed by atoms with Gasteiger partial charge >= 0.3 is 0 Å². The zero-order valence-electron chi connectivity index (χ0n) is 11.7. The highest BCUT2D eigenvalue weighted by atomic mass is 16.1. The first-order chi connectivity index (χ1) is 6.99. The molecule has 16 heavy (non-hydrogen) atoms. The lowest BCUT2D eigenvalue weighted by molar-refractivity contribution is -0.138. The van der Waals surface area contributed by atoms with Crippen molar-refractivity contribution in [3.05, 3.63) is 6.92 Å². The SMILES string of the molecule is [CH2+]C(C)(C)C(=O)C1(C)CCCN1C(C)(C)C. The fourth-order valence-electron chi connectivity index (χ4n) is 3.00. The number of ketones is 1. The second-order valence-electron chi connectivity index (χ2n) is 6.91. The van der Waals surface area contributed by atoms with Crippen molar-refractivity contribution < 1.29 is 4.79 Å². The van der Waals surface area contributed by atoms with E-state index in [1.807, 2.05) is 13.8 Å². The van der Waals surface area contributed by atoms with Crippen molar-refractivity contribution in [1.29, 1.82) is 0 Å². The van der Waals surface area contributed by atoms with E-state index in [0.717, 1.165) is 19.4 Å². The number of hydrogen-bond acceptors (Lipinski definition) is 2. The Bertz CT molecular complexity index is 282. The Labute approximate surface area is 100 Å². The zero-order valence-corrected chi connectivity index (χ0v) is 11.7. The first kappa shape index (κ1) is 13.6. The van der Waals surface area contributed by atoms with Crippen LogP contribution in [0.2, 0.25) is 0 Å². The Morgan fingerprint density at radius 1 is 1.25 bits per heavy atom. The molecule has 92 valence electrons. The molecule has 0 aromatic rings. The van der Waals surface area contributed by atoms with Crippen molar-refractivity contribution in [3.63, 3.8) is 0 Å². The lowest BCUT2D eigenvalue weighted by atomic mass is 9.76. The first-order valence-electron chi connectivity index (χ1n) is 6.17. The van der Waals surface area contributed by atoms with Crippen LogP contribution in [0.1, 0.15) is 54.4 Å². The van der Waals surface area contributed by atoms with Gasteiger partial charge in [-0.25, -0.2) is 0 Å². The summed E-state index contributed by atoms with van der Waals surface area (Å²) in [5.41, 5.74) is -0.780. The molecule has 1 saturated heterocycles. The molecule has 2 heteroatoms. The van der Waals surface area contributed by atoms with Crippen LogP contribution in [0.15, 0.2) is 0 Å². The highest BCUT2D eigenvalue weighted by Crippen LogP contribution is 2.39. The summed E-state index contributed by atoms with van der Waals surface area (Å²) in [6.07, 6.45) is 2.07. The molecule has 0 amide bonds. The number of carbonyl (C=O) groups is 1. The molecule has 0 saturated carbocycles. The average molecular weight is 224 g/mol. The Morgan fingerprint density at radius 2 is 1.75 bits per heavy atom. The topological polar surface area (TPSA) is 20.3 Å². The van der Waals surface area contributed by atoms with Gasteiger partial charge in [0.05, 0.1) is 12.5 Å². The molecule has 1 aliphatic heterocycles. The standard InChI is InChI=1S/C14H26NO/c1-12(2,3)11(16)14(7)9-8-10-15(14)13(4,5)6/h1,8-10H2,2-7H3/q+1. The van der Waals surface area contributed by atoms with Gasteiger partial charge in [0.15, 0.2) is 5.41 Å².